The first-order chi connectivity index (χ1) is 12.5. The maximum Gasteiger partial charge on any atom is 0.228 e. The van der Waals surface area contributed by atoms with Crippen molar-refractivity contribution >= 4 is 17.6 Å². The number of aryl methyl sites for hydroxylation is 1. The van der Waals surface area contributed by atoms with Gasteiger partial charge in [0.15, 0.2) is 0 Å². The van der Waals surface area contributed by atoms with Crippen molar-refractivity contribution in [2.45, 2.75) is 32.6 Å². The molecule has 5 heteroatoms. The molecule has 0 unspecified atom stereocenters. The lowest BCUT2D eigenvalue weighted by Gasteiger charge is -2.31. The van der Waals surface area contributed by atoms with Gasteiger partial charge in [0.05, 0.1) is 0 Å². The Hall–Kier alpha value is -2.82. The van der Waals surface area contributed by atoms with Gasteiger partial charge in [0, 0.05) is 23.5 Å². The van der Waals surface area contributed by atoms with Crippen LogP contribution in [-0.2, 0) is 9.59 Å². The largest absolute Gasteiger partial charge is 0.550 e. The smallest absolute Gasteiger partial charge is 0.228 e. The van der Waals surface area contributed by atoms with Crippen LogP contribution in [0.2, 0.25) is 0 Å². The molecule has 1 saturated carbocycles. The SMILES string of the molecule is Cc1ccc(Oc2ccc(NC(=O)[C@@H]3CCCC[C@H]3C(=O)[O-])cc2)cc1. The van der Waals surface area contributed by atoms with Crippen molar-refractivity contribution in [3.63, 3.8) is 0 Å². The summed E-state index contributed by atoms with van der Waals surface area (Å²) in [6.45, 7) is 2.01. The lowest BCUT2D eigenvalue weighted by molar-refractivity contribution is -0.313. The number of hydrogen-bond donors (Lipinski definition) is 1. The Labute approximate surface area is 153 Å². The monoisotopic (exact) mass is 352 g/mol. The van der Waals surface area contributed by atoms with E-state index in [0.717, 1.165) is 24.2 Å². The van der Waals surface area contributed by atoms with Gasteiger partial charge in [-0.3, -0.25) is 4.79 Å². The second-order valence-corrected chi connectivity index (χ2v) is 6.75. The van der Waals surface area contributed by atoms with Gasteiger partial charge in [0.25, 0.3) is 0 Å². The van der Waals surface area contributed by atoms with E-state index >= 15 is 0 Å². The van der Waals surface area contributed by atoms with Crippen LogP contribution >= 0.6 is 0 Å². The van der Waals surface area contributed by atoms with E-state index in [1.807, 2.05) is 31.2 Å². The maximum atomic E-state index is 12.5. The fourth-order valence-electron chi connectivity index (χ4n) is 3.31. The summed E-state index contributed by atoms with van der Waals surface area (Å²) in [7, 11) is 0. The van der Waals surface area contributed by atoms with Gasteiger partial charge < -0.3 is 20.0 Å². The number of benzene rings is 2. The van der Waals surface area contributed by atoms with Crippen molar-refractivity contribution in [2.24, 2.45) is 11.8 Å². The molecule has 0 aliphatic heterocycles. The van der Waals surface area contributed by atoms with Gasteiger partial charge in [-0.25, -0.2) is 0 Å². The van der Waals surface area contributed by atoms with Crippen molar-refractivity contribution in [1.29, 1.82) is 0 Å². The molecule has 0 heterocycles. The molecule has 2 aromatic carbocycles. The van der Waals surface area contributed by atoms with E-state index in [2.05, 4.69) is 5.32 Å². The average molecular weight is 352 g/mol. The van der Waals surface area contributed by atoms with Crippen LogP contribution in [0.3, 0.4) is 0 Å². The highest BCUT2D eigenvalue weighted by molar-refractivity contribution is 5.95. The molecular formula is C21H22NO4-. The zero-order valence-electron chi connectivity index (χ0n) is 14.7. The van der Waals surface area contributed by atoms with Crippen LogP contribution in [0.1, 0.15) is 31.2 Å². The van der Waals surface area contributed by atoms with E-state index in [4.69, 9.17) is 4.74 Å². The number of anilines is 1. The minimum atomic E-state index is -1.13. The van der Waals surface area contributed by atoms with Gasteiger partial charge in [-0.05, 0) is 56.2 Å². The molecule has 0 aromatic heterocycles. The Kier molecular flexibility index (Phi) is 5.56. The lowest BCUT2D eigenvalue weighted by Crippen LogP contribution is -2.42. The first-order valence-corrected chi connectivity index (χ1v) is 8.89. The van der Waals surface area contributed by atoms with E-state index in [0.29, 0.717) is 24.3 Å². The minimum absolute atomic E-state index is 0.258. The Bertz CT molecular complexity index is 768. The van der Waals surface area contributed by atoms with Crippen LogP contribution in [0.25, 0.3) is 0 Å². The van der Waals surface area contributed by atoms with Crippen LogP contribution in [0, 0.1) is 18.8 Å². The molecule has 1 N–H and O–H groups in total. The molecule has 136 valence electrons. The van der Waals surface area contributed by atoms with E-state index in [1.165, 1.54) is 0 Å². The van der Waals surface area contributed by atoms with E-state index in [-0.39, 0.29) is 5.91 Å². The molecule has 0 spiro atoms. The van der Waals surface area contributed by atoms with E-state index in [9.17, 15) is 14.7 Å². The van der Waals surface area contributed by atoms with Crippen molar-refractivity contribution in [3.8, 4) is 11.5 Å². The molecule has 0 saturated heterocycles. The number of aliphatic carboxylic acids is 1. The molecule has 2 aromatic rings. The summed E-state index contributed by atoms with van der Waals surface area (Å²) in [5, 5.41) is 14.1. The second-order valence-electron chi connectivity index (χ2n) is 6.75. The molecule has 0 radical (unpaired) electrons. The van der Waals surface area contributed by atoms with Crippen molar-refractivity contribution < 1.29 is 19.4 Å². The third kappa shape index (κ3) is 4.42. The van der Waals surface area contributed by atoms with E-state index < -0.39 is 17.8 Å². The Morgan fingerprint density at radius 1 is 0.923 bits per heavy atom. The van der Waals surface area contributed by atoms with Crippen LogP contribution in [0.5, 0.6) is 11.5 Å². The normalized spacial score (nSPS) is 19.6. The Morgan fingerprint density at radius 2 is 1.46 bits per heavy atom. The summed E-state index contributed by atoms with van der Waals surface area (Å²) in [6.07, 6.45) is 2.78. The van der Waals surface area contributed by atoms with Gasteiger partial charge in [0.1, 0.15) is 11.5 Å². The Morgan fingerprint density at radius 3 is 2.04 bits per heavy atom. The molecule has 5 nitrogen and oxygen atoms in total. The van der Waals surface area contributed by atoms with Crippen LogP contribution < -0.4 is 15.2 Å². The summed E-state index contributed by atoms with van der Waals surface area (Å²) in [4.78, 5) is 23.7. The van der Waals surface area contributed by atoms with Crippen molar-refractivity contribution in [2.75, 3.05) is 5.32 Å². The molecule has 3 rings (SSSR count). The van der Waals surface area contributed by atoms with Gasteiger partial charge in [0.2, 0.25) is 5.91 Å². The topological polar surface area (TPSA) is 78.5 Å². The van der Waals surface area contributed by atoms with E-state index in [1.54, 1.807) is 24.3 Å². The number of carbonyl (C=O) groups is 2. The summed E-state index contributed by atoms with van der Waals surface area (Å²) < 4.78 is 5.76. The fraction of sp³-hybridized carbons (Fsp3) is 0.333. The quantitative estimate of drug-likeness (QED) is 0.896. The predicted molar refractivity (Wildman–Crippen MR) is 96.8 cm³/mol. The number of carbonyl (C=O) groups excluding carboxylic acids is 2. The molecule has 26 heavy (non-hydrogen) atoms. The highest BCUT2D eigenvalue weighted by Gasteiger charge is 2.31. The van der Waals surface area contributed by atoms with Gasteiger partial charge in [-0.1, -0.05) is 30.5 Å². The molecule has 1 amide bonds. The number of rotatable bonds is 5. The summed E-state index contributed by atoms with van der Waals surface area (Å²) >= 11 is 0. The number of hydrogen-bond acceptors (Lipinski definition) is 4. The molecule has 2 atom stereocenters. The third-order valence-electron chi connectivity index (χ3n) is 4.78. The number of amides is 1. The zero-order chi connectivity index (χ0) is 18.5. The summed E-state index contributed by atoms with van der Waals surface area (Å²) in [5.41, 5.74) is 1.78. The summed E-state index contributed by atoms with van der Waals surface area (Å²) in [6, 6.07) is 14.8. The zero-order valence-corrected chi connectivity index (χ0v) is 14.7. The summed E-state index contributed by atoms with van der Waals surface area (Å²) in [5.74, 6) is -1.22. The van der Waals surface area contributed by atoms with Gasteiger partial charge in [-0.15, -0.1) is 0 Å². The molecule has 1 fully saturated rings. The minimum Gasteiger partial charge on any atom is -0.550 e. The Balaban J connectivity index is 1.62. The third-order valence-corrected chi connectivity index (χ3v) is 4.78. The maximum absolute atomic E-state index is 12.5. The van der Waals surface area contributed by atoms with Crippen molar-refractivity contribution in [1.82, 2.24) is 0 Å². The second kappa shape index (κ2) is 8.04. The van der Waals surface area contributed by atoms with Gasteiger partial charge >= 0.3 is 0 Å². The standard InChI is InChI=1S/C21H23NO4/c1-14-6-10-16(11-7-14)26-17-12-8-15(9-13-17)22-20(23)18-4-2-3-5-19(18)21(24)25/h6-13,18-19H,2-5H2,1H3,(H,22,23)(H,24,25)/p-1/t18-,19-/m1/s1. The molecule has 0 bridgehead atoms. The first kappa shape index (κ1) is 18.0. The average Bonchev–Trinajstić information content (AvgIpc) is 2.65. The van der Waals surface area contributed by atoms with Crippen molar-refractivity contribution in [3.05, 3.63) is 54.1 Å². The predicted octanol–water partition coefficient (Wildman–Crippen LogP) is 3.28. The lowest BCUT2D eigenvalue weighted by atomic mass is 9.78. The molecule has 1 aliphatic rings. The molecular weight excluding hydrogens is 330 g/mol. The van der Waals surface area contributed by atoms with Crippen LogP contribution in [-0.4, -0.2) is 11.9 Å². The van der Waals surface area contributed by atoms with Crippen LogP contribution in [0.15, 0.2) is 48.5 Å². The van der Waals surface area contributed by atoms with Gasteiger partial charge in [-0.2, -0.15) is 0 Å². The highest BCUT2D eigenvalue weighted by Crippen LogP contribution is 2.31. The number of nitrogens with one attached hydrogen (secondary N) is 1. The number of carboxylic acids is 1. The fourth-order valence-corrected chi connectivity index (χ4v) is 3.31. The molecule has 1 aliphatic carbocycles. The number of carboxylic acid groups (broad SMARTS) is 1. The number of ether oxygens (including phenoxy) is 1. The van der Waals surface area contributed by atoms with Crippen LogP contribution in [0.4, 0.5) is 5.69 Å². The highest BCUT2D eigenvalue weighted by atomic mass is 16.5. The first-order valence-electron chi connectivity index (χ1n) is 8.89.